The molecule has 0 spiro atoms. The van der Waals surface area contributed by atoms with Gasteiger partial charge in [0.1, 0.15) is 0 Å². The maximum atomic E-state index is 12.7. The van der Waals surface area contributed by atoms with E-state index in [1.165, 1.54) is 24.3 Å². The number of piperazine rings is 1. The number of nitro benzene ring substituents is 1. The van der Waals surface area contributed by atoms with Crippen LogP contribution in [0.15, 0.2) is 36.4 Å². The summed E-state index contributed by atoms with van der Waals surface area (Å²) in [6.45, 7) is 4.50. The minimum atomic E-state index is -0.473. The molecule has 3 aromatic rings. The molecule has 28 heavy (non-hydrogen) atoms. The van der Waals surface area contributed by atoms with Gasteiger partial charge in [-0.25, -0.2) is 4.98 Å². The Morgan fingerprint density at radius 3 is 2.43 bits per heavy atom. The molecule has 0 bridgehead atoms. The number of thiazole rings is 1. The molecule has 0 radical (unpaired) electrons. The Kier molecular flexibility index (Phi) is 4.91. The Morgan fingerprint density at radius 1 is 1.14 bits per heavy atom. The first-order valence-corrected chi connectivity index (χ1v) is 9.98. The summed E-state index contributed by atoms with van der Waals surface area (Å²) in [6, 6.07) is 9.58. The number of rotatable bonds is 3. The largest absolute Gasteiger partial charge is 0.345 e. The first-order chi connectivity index (χ1) is 13.4. The van der Waals surface area contributed by atoms with Crippen LogP contribution < -0.4 is 4.90 Å². The van der Waals surface area contributed by atoms with Crippen molar-refractivity contribution in [3.05, 3.63) is 62.7 Å². The Morgan fingerprint density at radius 2 is 1.82 bits per heavy atom. The molecule has 0 unspecified atom stereocenters. The number of non-ortho nitro benzene ring substituents is 1. The van der Waals surface area contributed by atoms with Gasteiger partial charge in [-0.1, -0.05) is 29.0 Å². The maximum Gasteiger partial charge on any atom is 0.269 e. The lowest BCUT2D eigenvalue weighted by Gasteiger charge is -2.34. The molecule has 1 amide bonds. The fourth-order valence-electron chi connectivity index (χ4n) is 3.24. The van der Waals surface area contributed by atoms with Gasteiger partial charge in [-0.15, -0.1) is 0 Å². The molecule has 1 saturated heterocycles. The van der Waals surface area contributed by atoms with Crippen LogP contribution in [0, 0.1) is 17.0 Å². The lowest BCUT2D eigenvalue weighted by Crippen LogP contribution is -2.48. The molecule has 0 saturated carbocycles. The molecule has 2 heterocycles. The van der Waals surface area contributed by atoms with Gasteiger partial charge in [-0.3, -0.25) is 14.9 Å². The van der Waals surface area contributed by atoms with Crippen LogP contribution in [0.5, 0.6) is 0 Å². The predicted octanol–water partition coefficient (Wildman–Crippen LogP) is 4.13. The average molecular weight is 417 g/mol. The lowest BCUT2D eigenvalue weighted by molar-refractivity contribution is -0.384. The smallest absolute Gasteiger partial charge is 0.269 e. The highest BCUT2D eigenvalue weighted by molar-refractivity contribution is 7.22. The van der Waals surface area contributed by atoms with E-state index < -0.39 is 4.92 Å². The van der Waals surface area contributed by atoms with E-state index in [0.717, 1.165) is 20.9 Å². The fraction of sp³-hybridized carbons (Fsp3) is 0.263. The summed E-state index contributed by atoms with van der Waals surface area (Å²) in [6.07, 6.45) is 0. The number of hydrogen-bond donors (Lipinski definition) is 0. The molecule has 2 aromatic carbocycles. The molecule has 1 aromatic heterocycles. The van der Waals surface area contributed by atoms with Gasteiger partial charge in [0.05, 0.1) is 20.2 Å². The molecule has 0 atom stereocenters. The predicted molar refractivity (Wildman–Crippen MR) is 111 cm³/mol. The van der Waals surface area contributed by atoms with Crippen molar-refractivity contribution in [3.63, 3.8) is 0 Å². The minimum absolute atomic E-state index is 0.0221. The highest BCUT2D eigenvalue weighted by atomic mass is 35.5. The van der Waals surface area contributed by atoms with E-state index in [-0.39, 0.29) is 11.6 Å². The zero-order chi connectivity index (χ0) is 19.8. The summed E-state index contributed by atoms with van der Waals surface area (Å²) in [4.78, 5) is 31.6. The Balaban J connectivity index is 1.46. The van der Waals surface area contributed by atoms with Gasteiger partial charge in [0.2, 0.25) is 0 Å². The van der Waals surface area contributed by atoms with E-state index in [2.05, 4.69) is 4.90 Å². The number of hydrogen-bond acceptors (Lipinski definition) is 6. The van der Waals surface area contributed by atoms with Crippen LogP contribution in [-0.4, -0.2) is 46.9 Å². The average Bonchev–Trinajstić information content (AvgIpc) is 3.17. The van der Waals surface area contributed by atoms with Gasteiger partial charge >= 0.3 is 0 Å². The highest BCUT2D eigenvalue weighted by Gasteiger charge is 2.24. The van der Waals surface area contributed by atoms with Crippen LogP contribution in [0.1, 0.15) is 15.9 Å². The summed E-state index contributed by atoms with van der Waals surface area (Å²) < 4.78 is 0.987. The summed E-state index contributed by atoms with van der Waals surface area (Å²) in [5, 5.41) is 12.4. The van der Waals surface area contributed by atoms with Crippen LogP contribution in [0.4, 0.5) is 10.8 Å². The Labute approximate surface area is 170 Å². The standard InChI is InChI=1S/C19H17ClN4O3S/c1-12-2-7-15(20)17-16(12)21-19(28-17)23-10-8-22(9-11-23)18(25)13-3-5-14(6-4-13)24(26)27/h2-7H,8-11H2,1H3. The van der Waals surface area contributed by atoms with Gasteiger partial charge in [-0.05, 0) is 30.7 Å². The molecule has 4 rings (SSSR count). The van der Waals surface area contributed by atoms with Gasteiger partial charge in [0.25, 0.3) is 11.6 Å². The summed E-state index contributed by atoms with van der Waals surface area (Å²) in [5.74, 6) is -0.113. The molecule has 144 valence electrons. The topological polar surface area (TPSA) is 79.6 Å². The Hall–Kier alpha value is -2.71. The first kappa shape index (κ1) is 18.6. The molecule has 1 aliphatic rings. The van der Waals surface area contributed by atoms with Crippen molar-refractivity contribution in [1.82, 2.24) is 9.88 Å². The van der Waals surface area contributed by atoms with Crippen molar-refractivity contribution in [3.8, 4) is 0 Å². The second kappa shape index (κ2) is 7.37. The number of carbonyl (C=O) groups is 1. The van der Waals surface area contributed by atoms with E-state index in [1.807, 2.05) is 19.1 Å². The van der Waals surface area contributed by atoms with E-state index in [9.17, 15) is 14.9 Å². The SMILES string of the molecule is Cc1ccc(Cl)c2sc(N3CCN(C(=O)c4ccc([N+](=O)[O-])cc4)CC3)nc12. The van der Waals surface area contributed by atoms with Crippen LogP contribution >= 0.6 is 22.9 Å². The van der Waals surface area contributed by atoms with Crippen molar-refractivity contribution in [1.29, 1.82) is 0 Å². The zero-order valence-electron chi connectivity index (χ0n) is 15.1. The fourth-order valence-corrected chi connectivity index (χ4v) is 4.60. The maximum absolute atomic E-state index is 12.7. The number of amides is 1. The van der Waals surface area contributed by atoms with Crippen molar-refractivity contribution in [2.75, 3.05) is 31.1 Å². The van der Waals surface area contributed by atoms with E-state index in [0.29, 0.717) is 36.8 Å². The number of nitro groups is 1. The molecule has 7 nitrogen and oxygen atoms in total. The number of nitrogens with zero attached hydrogens (tertiary/aromatic N) is 4. The van der Waals surface area contributed by atoms with E-state index in [1.54, 1.807) is 16.2 Å². The first-order valence-electron chi connectivity index (χ1n) is 8.78. The van der Waals surface area contributed by atoms with Gasteiger partial charge in [-0.2, -0.15) is 0 Å². The number of benzene rings is 2. The van der Waals surface area contributed by atoms with Crippen LogP contribution in [0.2, 0.25) is 5.02 Å². The molecule has 0 aliphatic carbocycles. The zero-order valence-corrected chi connectivity index (χ0v) is 16.7. The van der Waals surface area contributed by atoms with Crippen molar-refractivity contribution in [2.24, 2.45) is 0 Å². The third-order valence-electron chi connectivity index (χ3n) is 4.85. The summed E-state index contributed by atoms with van der Waals surface area (Å²) in [7, 11) is 0. The highest BCUT2D eigenvalue weighted by Crippen LogP contribution is 2.35. The number of halogens is 1. The molecule has 1 fully saturated rings. The minimum Gasteiger partial charge on any atom is -0.345 e. The normalized spacial score (nSPS) is 14.5. The van der Waals surface area contributed by atoms with Crippen LogP contribution in [0.25, 0.3) is 10.2 Å². The lowest BCUT2D eigenvalue weighted by atomic mass is 10.1. The van der Waals surface area contributed by atoms with Crippen molar-refractivity contribution in [2.45, 2.75) is 6.92 Å². The van der Waals surface area contributed by atoms with Gasteiger partial charge < -0.3 is 9.80 Å². The Bertz CT molecular complexity index is 1020. The van der Waals surface area contributed by atoms with Crippen molar-refractivity contribution < 1.29 is 9.72 Å². The van der Waals surface area contributed by atoms with E-state index in [4.69, 9.17) is 16.6 Å². The number of anilines is 1. The number of aryl methyl sites for hydroxylation is 1. The summed E-state index contributed by atoms with van der Waals surface area (Å²) in [5.41, 5.74) is 2.46. The summed E-state index contributed by atoms with van der Waals surface area (Å²) >= 11 is 7.87. The number of fused-ring (bicyclic) bond motifs is 1. The molecular formula is C19H17ClN4O3S. The quantitative estimate of drug-likeness (QED) is 0.473. The third kappa shape index (κ3) is 3.41. The van der Waals surface area contributed by atoms with Crippen molar-refractivity contribution >= 4 is 49.9 Å². The third-order valence-corrected chi connectivity index (χ3v) is 6.42. The molecular weight excluding hydrogens is 400 g/mol. The number of carbonyl (C=O) groups excluding carboxylic acids is 1. The second-order valence-electron chi connectivity index (χ2n) is 6.62. The van der Waals surface area contributed by atoms with Crippen LogP contribution in [0.3, 0.4) is 0 Å². The molecule has 9 heteroatoms. The number of aromatic nitrogens is 1. The monoisotopic (exact) mass is 416 g/mol. The second-order valence-corrected chi connectivity index (χ2v) is 8.01. The van der Waals surface area contributed by atoms with Crippen LogP contribution in [-0.2, 0) is 0 Å². The molecule has 0 N–H and O–H groups in total. The van der Waals surface area contributed by atoms with E-state index >= 15 is 0 Å². The van der Waals surface area contributed by atoms with Gasteiger partial charge in [0.15, 0.2) is 5.13 Å². The molecule has 1 aliphatic heterocycles. The van der Waals surface area contributed by atoms with Gasteiger partial charge in [0, 0.05) is 43.9 Å².